The van der Waals surface area contributed by atoms with Crippen LogP contribution < -0.4 is 43.4 Å². The minimum Gasteiger partial charge on any atom is -0.481 e. The number of benzene rings is 3. The van der Waals surface area contributed by atoms with Gasteiger partial charge in [0.15, 0.2) is 5.78 Å². The Morgan fingerprint density at radius 2 is 1.21 bits per heavy atom. The molecule has 22 nitrogen and oxygen atoms in total. The molecular weight excluding hydrogens is 1070 g/mol. The highest BCUT2D eigenvalue weighted by molar-refractivity contribution is 8.76. The number of amides is 6. The molecule has 10 atom stereocenters. The van der Waals surface area contributed by atoms with Crippen LogP contribution >= 0.6 is 21.6 Å². The van der Waals surface area contributed by atoms with Crippen molar-refractivity contribution in [1.82, 2.24) is 31.9 Å². The topological polar surface area (TPSA) is 379 Å². The molecule has 1 aliphatic heterocycles. The number of aliphatic carboxylic acids is 2. The van der Waals surface area contributed by atoms with Crippen LogP contribution in [-0.2, 0) is 62.4 Å². The predicted octanol–water partition coefficient (Wildman–Crippen LogP) is 1.41. The van der Waals surface area contributed by atoms with E-state index in [2.05, 4.69) is 31.9 Å². The summed E-state index contributed by atoms with van der Waals surface area (Å²) < 4.78 is 0. The second-order valence-corrected chi connectivity index (χ2v) is 21.6. The van der Waals surface area contributed by atoms with E-state index in [1.54, 1.807) is 30.3 Å². The lowest BCUT2D eigenvalue weighted by Gasteiger charge is -2.29. The van der Waals surface area contributed by atoms with Crippen molar-refractivity contribution in [2.24, 2.45) is 17.4 Å². The van der Waals surface area contributed by atoms with E-state index < -0.39 is 120 Å². The Balaban J connectivity index is 0.00000227. The standard InChI is InChI=1S/C51H68N8O10S2.2C2H4O2.CH4/c1-30(61)36(27-60)26-44(63)42-28-70-71-29-43(58-46(64)38(53)23-32-13-5-3-6-14-32)50(68)55-40(24-33-15-7-4-8-16-33)48(66)56-41(25-35-21-20-34-17-9-10-18-37(34)35)49(67)54-39(19-11-12-22-52)47(65)59-45(31(2)62)51(69)57-42;2*1-2(3)4;/h3-10,13-18,21,30-31,36,38-43,45,60-62H,11-12,19-20,22-29,52-53H2,1-2H3,(H,54,67)(H,55,68)(H,56,66)(H,57,69)(H,58,64)(H,59,65);2*1H3,(H,3,4);1H4/t30-,31?,36-,38-,39+,40+,41-,42+,43+,45+;;;/m1.../s1. The van der Waals surface area contributed by atoms with E-state index in [0.717, 1.165) is 57.7 Å². The number of ketones is 1. The van der Waals surface area contributed by atoms with Crippen LogP contribution in [-0.4, -0.2) is 158 Å². The average molecular weight is 1150 g/mol. The summed E-state index contributed by atoms with van der Waals surface area (Å²) in [5, 5.41) is 62.4. The molecule has 0 saturated carbocycles. The summed E-state index contributed by atoms with van der Waals surface area (Å²) in [5.41, 5.74) is 16.3. The van der Waals surface area contributed by atoms with Gasteiger partial charge in [-0.25, -0.2) is 0 Å². The number of carboxylic acid groups (broad SMARTS) is 2. The molecule has 1 heterocycles. The van der Waals surface area contributed by atoms with E-state index in [9.17, 15) is 48.9 Å². The normalized spacial score (nSPS) is 21.5. The molecular formula is C56H80N8O14S2. The van der Waals surface area contributed by atoms with Gasteiger partial charge in [-0.1, -0.05) is 120 Å². The SMILES string of the molecule is C.CC(=O)O.CC(=O)O.CC(O)[C@@H]1NC(=O)[C@H](CCCCN)NC(=O)[C@@H](CC2=CCc3ccccc32)NC(=O)[C@H](Cc2ccccc2)NC(=O)[C@@H](NC(=O)[C@H](N)Cc2ccccc2)CSSC[C@@H](C(=O)C[C@H](CO)[C@@H](C)O)NC1=O. The number of hydrogen-bond donors (Lipinski definition) is 13. The van der Waals surface area contributed by atoms with Crippen molar-refractivity contribution in [2.45, 2.75) is 141 Å². The molecule has 1 saturated heterocycles. The molecule has 1 unspecified atom stereocenters. The number of carbonyl (C=O) groups is 9. The first-order chi connectivity index (χ1) is 37.5. The number of carbonyl (C=O) groups excluding carboxylic acids is 7. The number of aliphatic hydroxyl groups is 3. The third-order valence-corrected chi connectivity index (χ3v) is 14.9. The van der Waals surface area contributed by atoms with Gasteiger partial charge in [-0.3, -0.25) is 43.2 Å². The van der Waals surface area contributed by atoms with Crippen LogP contribution in [0.2, 0.25) is 0 Å². The molecule has 1 fully saturated rings. The minimum absolute atomic E-state index is 0. The van der Waals surface area contributed by atoms with E-state index in [1.165, 1.54) is 13.8 Å². The van der Waals surface area contributed by atoms with Gasteiger partial charge >= 0.3 is 0 Å². The summed E-state index contributed by atoms with van der Waals surface area (Å²) >= 11 is 0. The van der Waals surface area contributed by atoms with Crippen molar-refractivity contribution in [3.8, 4) is 0 Å². The van der Waals surface area contributed by atoms with E-state index in [0.29, 0.717) is 24.8 Å². The maximum atomic E-state index is 14.7. The Bertz CT molecular complexity index is 2500. The van der Waals surface area contributed by atoms with Gasteiger partial charge in [0.05, 0.1) is 24.3 Å². The fourth-order valence-corrected chi connectivity index (χ4v) is 10.6. The Labute approximate surface area is 475 Å². The summed E-state index contributed by atoms with van der Waals surface area (Å²) in [5.74, 6) is -8.03. The van der Waals surface area contributed by atoms with Crippen molar-refractivity contribution in [3.05, 3.63) is 113 Å². The molecule has 80 heavy (non-hydrogen) atoms. The summed E-state index contributed by atoms with van der Waals surface area (Å²) in [4.78, 5) is 118. The zero-order valence-electron chi connectivity index (χ0n) is 44.8. The Morgan fingerprint density at radius 1 is 0.688 bits per heavy atom. The van der Waals surface area contributed by atoms with Crippen molar-refractivity contribution in [1.29, 1.82) is 0 Å². The Morgan fingerprint density at radius 3 is 1.79 bits per heavy atom. The highest BCUT2D eigenvalue weighted by Gasteiger charge is 2.37. The molecule has 1 aliphatic carbocycles. The number of hydrogen-bond acceptors (Lipinski definition) is 16. The number of fused-ring (bicyclic) bond motifs is 1. The largest absolute Gasteiger partial charge is 0.481 e. The van der Waals surface area contributed by atoms with Crippen LogP contribution in [0.15, 0.2) is 91.0 Å². The zero-order chi connectivity index (χ0) is 58.6. The third-order valence-electron chi connectivity index (χ3n) is 12.5. The summed E-state index contributed by atoms with van der Waals surface area (Å²) in [6.07, 6.45) is 0.632. The summed E-state index contributed by atoms with van der Waals surface area (Å²) in [7, 11) is 2.14. The van der Waals surface area contributed by atoms with Crippen molar-refractivity contribution in [3.63, 3.8) is 0 Å². The molecule has 0 bridgehead atoms. The molecule has 440 valence electrons. The minimum atomic E-state index is -1.63. The average Bonchev–Trinajstić information content (AvgIpc) is 3.81. The highest BCUT2D eigenvalue weighted by atomic mass is 33.1. The lowest BCUT2D eigenvalue weighted by atomic mass is 9.95. The molecule has 5 rings (SSSR count). The number of aliphatic hydroxyl groups excluding tert-OH is 3. The molecule has 3 aromatic carbocycles. The molecule has 0 radical (unpaired) electrons. The van der Waals surface area contributed by atoms with Crippen molar-refractivity contribution < 1.29 is 68.7 Å². The van der Waals surface area contributed by atoms with E-state index in [1.807, 2.05) is 60.7 Å². The lowest BCUT2D eigenvalue weighted by Crippen LogP contribution is -2.61. The van der Waals surface area contributed by atoms with Crippen LogP contribution in [0.5, 0.6) is 0 Å². The van der Waals surface area contributed by atoms with E-state index in [4.69, 9.17) is 31.3 Å². The molecule has 2 aliphatic rings. The molecule has 0 spiro atoms. The number of nitrogens with one attached hydrogen (secondary N) is 6. The third kappa shape index (κ3) is 24.8. The number of allylic oxidation sites excluding steroid dienone is 1. The van der Waals surface area contributed by atoms with Gasteiger partial charge in [-0.05, 0) is 80.3 Å². The number of rotatable bonds is 18. The fraction of sp³-hybridized carbons (Fsp3) is 0.482. The van der Waals surface area contributed by atoms with Crippen LogP contribution in [0, 0.1) is 5.92 Å². The monoisotopic (exact) mass is 1150 g/mol. The quantitative estimate of drug-likeness (QED) is 0.0632. The molecule has 24 heteroatoms. The second kappa shape index (κ2) is 36.6. The number of Topliss-reactive ketones (excluding diaryl/α,β-unsaturated/α-hetero) is 1. The first kappa shape index (κ1) is 69.4. The van der Waals surface area contributed by atoms with Gasteiger partial charge in [0.1, 0.15) is 30.2 Å². The first-order valence-corrected chi connectivity index (χ1v) is 28.3. The van der Waals surface area contributed by atoms with Crippen LogP contribution in [0.1, 0.15) is 89.5 Å². The summed E-state index contributed by atoms with van der Waals surface area (Å²) in [6.45, 7) is 4.61. The maximum Gasteiger partial charge on any atom is 0.300 e. The fourth-order valence-electron chi connectivity index (χ4n) is 8.19. The number of nitrogens with two attached hydrogens (primary N) is 2. The maximum absolute atomic E-state index is 14.7. The van der Waals surface area contributed by atoms with Gasteiger partial charge in [0, 0.05) is 57.1 Å². The summed E-state index contributed by atoms with van der Waals surface area (Å²) in [6, 6.07) is 16.4. The second-order valence-electron chi connectivity index (χ2n) is 19.1. The number of carboxylic acids is 2. The molecule has 0 aromatic heterocycles. The molecule has 15 N–H and O–H groups in total. The Kier molecular flexibility index (Phi) is 31.7. The van der Waals surface area contributed by atoms with Gasteiger partial charge in [0.25, 0.3) is 11.9 Å². The Hall–Kier alpha value is -6.67. The highest BCUT2D eigenvalue weighted by Crippen LogP contribution is 2.31. The van der Waals surface area contributed by atoms with Gasteiger partial charge < -0.3 is 68.9 Å². The van der Waals surface area contributed by atoms with Crippen LogP contribution in [0.3, 0.4) is 0 Å². The lowest BCUT2D eigenvalue weighted by molar-refractivity contribution is -0.136. The molecule has 6 amide bonds. The van der Waals surface area contributed by atoms with Gasteiger partial charge in [-0.15, -0.1) is 0 Å². The molecule has 3 aromatic rings. The van der Waals surface area contributed by atoms with Crippen LogP contribution in [0.4, 0.5) is 0 Å². The van der Waals surface area contributed by atoms with Gasteiger partial charge in [0.2, 0.25) is 35.4 Å². The van der Waals surface area contributed by atoms with E-state index in [-0.39, 0.29) is 57.6 Å². The smallest absolute Gasteiger partial charge is 0.300 e. The van der Waals surface area contributed by atoms with Crippen LogP contribution in [0.25, 0.3) is 5.57 Å². The van der Waals surface area contributed by atoms with Crippen molar-refractivity contribution in [2.75, 3.05) is 24.7 Å². The van der Waals surface area contributed by atoms with Crippen molar-refractivity contribution >= 4 is 80.3 Å². The zero-order valence-corrected chi connectivity index (χ0v) is 46.4. The van der Waals surface area contributed by atoms with Gasteiger partial charge in [-0.2, -0.15) is 0 Å². The number of unbranched alkanes of at least 4 members (excludes halogenated alkanes) is 1. The first-order valence-electron chi connectivity index (χ1n) is 25.8. The predicted molar refractivity (Wildman–Crippen MR) is 307 cm³/mol. The van der Waals surface area contributed by atoms with E-state index >= 15 is 0 Å².